The molecule has 1 fully saturated rings. The molecule has 2 nitrogen and oxygen atoms in total. The van der Waals surface area contributed by atoms with E-state index in [-0.39, 0.29) is 5.92 Å². The minimum absolute atomic E-state index is 0.106. The van der Waals surface area contributed by atoms with Crippen LogP contribution in [0.5, 0.6) is 0 Å². The highest BCUT2D eigenvalue weighted by molar-refractivity contribution is 6.30. The first-order chi connectivity index (χ1) is 6.15. The molecule has 0 saturated heterocycles. The van der Waals surface area contributed by atoms with Gasteiger partial charge in [0.1, 0.15) is 0 Å². The van der Waals surface area contributed by atoms with E-state index in [2.05, 4.69) is 0 Å². The van der Waals surface area contributed by atoms with E-state index in [0.29, 0.717) is 11.4 Å². The van der Waals surface area contributed by atoms with Crippen molar-refractivity contribution in [1.82, 2.24) is 0 Å². The highest BCUT2D eigenvalue weighted by Gasteiger charge is 2.54. The number of ether oxygens (including phenoxy) is 1. The Balaban J connectivity index is 2.16. The summed E-state index contributed by atoms with van der Waals surface area (Å²) >= 11 is 5.75. The molecule has 2 atom stereocenters. The smallest absolute Gasteiger partial charge is 0.172 e. The van der Waals surface area contributed by atoms with Gasteiger partial charge in [0.2, 0.25) is 0 Å². The zero-order chi connectivity index (χ0) is 9.47. The maximum atomic E-state index is 9.66. The molecule has 1 aliphatic carbocycles. The van der Waals surface area contributed by atoms with Gasteiger partial charge in [-0.25, -0.2) is 0 Å². The van der Waals surface area contributed by atoms with Gasteiger partial charge in [-0.3, -0.25) is 0 Å². The second-order valence-electron chi connectivity index (χ2n) is 3.36. The van der Waals surface area contributed by atoms with E-state index in [4.69, 9.17) is 16.3 Å². The number of hydrogen-bond acceptors (Lipinski definition) is 2. The van der Waals surface area contributed by atoms with Crippen molar-refractivity contribution in [3.63, 3.8) is 0 Å². The Morgan fingerprint density at radius 3 is 2.54 bits per heavy atom. The molecule has 1 aliphatic rings. The molecule has 1 aromatic rings. The third-order valence-electron chi connectivity index (χ3n) is 2.51. The van der Waals surface area contributed by atoms with E-state index >= 15 is 0 Å². The number of rotatable bonds is 2. The van der Waals surface area contributed by atoms with Gasteiger partial charge >= 0.3 is 0 Å². The summed E-state index contributed by atoms with van der Waals surface area (Å²) in [6, 6.07) is 7.49. The molecule has 0 heterocycles. The van der Waals surface area contributed by atoms with Crippen LogP contribution in [0, 0.1) is 0 Å². The molecule has 3 heteroatoms. The SMILES string of the molecule is CO[C@]1(O)C[C@H]1c1ccc(Cl)cc1. The van der Waals surface area contributed by atoms with Crippen LogP contribution in [0.4, 0.5) is 0 Å². The Morgan fingerprint density at radius 1 is 1.46 bits per heavy atom. The van der Waals surface area contributed by atoms with Crippen molar-refractivity contribution >= 4 is 11.6 Å². The zero-order valence-corrected chi connectivity index (χ0v) is 8.08. The van der Waals surface area contributed by atoms with Crippen LogP contribution in [-0.4, -0.2) is 18.0 Å². The van der Waals surface area contributed by atoms with Crippen molar-refractivity contribution in [3.05, 3.63) is 34.9 Å². The van der Waals surface area contributed by atoms with Crippen molar-refractivity contribution < 1.29 is 9.84 Å². The van der Waals surface area contributed by atoms with E-state index < -0.39 is 5.79 Å². The van der Waals surface area contributed by atoms with Gasteiger partial charge in [0.15, 0.2) is 5.79 Å². The number of aliphatic hydroxyl groups is 1. The van der Waals surface area contributed by atoms with Gasteiger partial charge < -0.3 is 9.84 Å². The normalized spacial score (nSPS) is 31.8. The van der Waals surface area contributed by atoms with Crippen LogP contribution in [0.25, 0.3) is 0 Å². The van der Waals surface area contributed by atoms with Crippen LogP contribution in [0.2, 0.25) is 5.02 Å². The van der Waals surface area contributed by atoms with Gasteiger partial charge in [0.05, 0.1) is 0 Å². The van der Waals surface area contributed by atoms with Crippen molar-refractivity contribution in [1.29, 1.82) is 0 Å². The fourth-order valence-electron chi connectivity index (χ4n) is 1.53. The maximum absolute atomic E-state index is 9.66. The molecule has 1 aromatic carbocycles. The Bertz CT molecular complexity index is 309. The van der Waals surface area contributed by atoms with Crippen molar-refractivity contribution in [2.45, 2.75) is 18.1 Å². The lowest BCUT2D eigenvalue weighted by atomic mass is 10.1. The molecule has 1 N–H and O–H groups in total. The van der Waals surface area contributed by atoms with Crippen LogP contribution in [0.15, 0.2) is 24.3 Å². The van der Waals surface area contributed by atoms with E-state index in [0.717, 1.165) is 5.56 Å². The van der Waals surface area contributed by atoms with Gasteiger partial charge in [0, 0.05) is 24.5 Å². The summed E-state index contributed by atoms with van der Waals surface area (Å²) in [5.41, 5.74) is 1.08. The average molecular weight is 199 g/mol. The lowest BCUT2D eigenvalue weighted by molar-refractivity contribution is -0.105. The van der Waals surface area contributed by atoms with Crippen LogP contribution < -0.4 is 0 Å². The molecule has 0 unspecified atom stereocenters. The predicted octanol–water partition coefficient (Wildman–Crippen LogP) is 2.16. The van der Waals surface area contributed by atoms with Crippen LogP contribution >= 0.6 is 11.6 Å². The van der Waals surface area contributed by atoms with E-state index in [1.165, 1.54) is 7.11 Å². The number of benzene rings is 1. The molecule has 0 bridgehead atoms. The molecule has 1 saturated carbocycles. The number of methoxy groups -OCH3 is 1. The van der Waals surface area contributed by atoms with Gasteiger partial charge in [-0.1, -0.05) is 23.7 Å². The molecule has 0 aromatic heterocycles. The largest absolute Gasteiger partial charge is 0.365 e. The number of hydrogen-bond donors (Lipinski definition) is 1. The van der Waals surface area contributed by atoms with Gasteiger partial charge in [-0.15, -0.1) is 0 Å². The van der Waals surface area contributed by atoms with Crippen LogP contribution in [0.1, 0.15) is 17.9 Å². The Kier molecular flexibility index (Phi) is 2.06. The molecule has 2 rings (SSSR count). The number of halogens is 1. The molecule has 13 heavy (non-hydrogen) atoms. The molecule has 70 valence electrons. The Labute approximate surface area is 82.1 Å². The summed E-state index contributed by atoms with van der Waals surface area (Å²) in [6.45, 7) is 0. The minimum atomic E-state index is -0.937. The van der Waals surface area contributed by atoms with Crippen LogP contribution in [0.3, 0.4) is 0 Å². The lowest BCUT2D eigenvalue weighted by Crippen LogP contribution is -2.12. The molecule has 0 spiro atoms. The first kappa shape index (κ1) is 9.00. The van der Waals surface area contributed by atoms with E-state index in [1.54, 1.807) is 0 Å². The maximum Gasteiger partial charge on any atom is 0.172 e. The van der Waals surface area contributed by atoms with Crippen molar-refractivity contribution in [2.75, 3.05) is 7.11 Å². The summed E-state index contributed by atoms with van der Waals surface area (Å²) in [7, 11) is 1.52. The average Bonchev–Trinajstić information content (AvgIpc) is 2.81. The third kappa shape index (κ3) is 1.57. The fraction of sp³-hybridized carbons (Fsp3) is 0.400. The molecular formula is C10H11ClO2. The first-order valence-electron chi connectivity index (χ1n) is 4.19. The third-order valence-corrected chi connectivity index (χ3v) is 2.76. The lowest BCUT2D eigenvalue weighted by Gasteiger charge is -2.07. The van der Waals surface area contributed by atoms with E-state index in [1.807, 2.05) is 24.3 Å². The monoisotopic (exact) mass is 198 g/mol. The molecule has 0 amide bonds. The summed E-state index contributed by atoms with van der Waals surface area (Å²) < 4.78 is 4.97. The zero-order valence-electron chi connectivity index (χ0n) is 7.33. The Morgan fingerprint density at radius 2 is 2.08 bits per heavy atom. The standard InChI is InChI=1S/C10H11ClO2/c1-13-10(12)6-9(10)7-2-4-8(11)5-3-7/h2-5,9,12H,6H2,1H3/t9-,10+/m0/s1. The van der Waals surface area contributed by atoms with Gasteiger partial charge in [-0.05, 0) is 17.7 Å². The van der Waals surface area contributed by atoms with Gasteiger partial charge in [-0.2, -0.15) is 0 Å². The highest BCUT2D eigenvalue weighted by atomic mass is 35.5. The predicted molar refractivity (Wildman–Crippen MR) is 50.8 cm³/mol. The minimum Gasteiger partial charge on any atom is -0.365 e. The summed E-state index contributed by atoms with van der Waals surface area (Å²) in [5, 5.41) is 10.4. The summed E-state index contributed by atoms with van der Waals surface area (Å²) in [4.78, 5) is 0. The second kappa shape index (κ2) is 2.98. The molecular weight excluding hydrogens is 188 g/mol. The second-order valence-corrected chi connectivity index (χ2v) is 3.79. The summed E-state index contributed by atoms with van der Waals surface area (Å²) in [6.07, 6.45) is 0.672. The molecule has 0 aliphatic heterocycles. The topological polar surface area (TPSA) is 29.5 Å². The summed E-state index contributed by atoms with van der Waals surface area (Å²) in [5.74, 6) is -0.830. The van der Waals surface area contributed by atoms with Crippen molar-refractivity contribution in [3.8, 4) is 0 Å². The fourth-order valence-corrected chi connectivity index (χ4v) is 1.66. The molecule has 0 radical (unpaired) electrons. The van der Waals surface area contributed by atoms with Gasteiger partial charge in [0.25, 0.3) is 0 Å². The quantitative estimate of drug-likeness (QED) is 0.738. The van der Waals surface area contributed by atoms with E-state index in [9.17, 15) is 5.11 Å². The highest BCUT2D eigenvalue weighted by Crippen LogP contribution is 2.51. The van der Waals surface area contributed by atoms with Crippen LogP contribution in [-0.2, 0) is 4.74 Å². The first-order valence-corrected chi connectivity index (χ1v) is 4.56. The van der Waals surface area contributed by atoms with Crippen molar-refractivity contribution in [2.24, 2.45) is 0 Å². The Hall–Kier alpha value is -0.570.